The molecule has 10 nitrogen and oxygen atoms in total. The van der Waals surface area contributed by atoms with Crippen molar-refractivity contribution in [2.45, 2.75) is 12.5 Å². The summed E-state index contributed by atoms with van der Waals surface area (Å²) in [5, 5.41) is 35.0. The van der Waals surface area contributed by atoms with Crippen molar-refractivity contribution >= 4 is 23.9 Å². The molecule has 0 spiro atoms. The molecule has 110 valence electrons. The molecule has 1 atom stereocenters. The topological polar surface area (TPSA) is 187 Å². The van der Waals surface area contributed by atoms with E-state index in [1.165, 1.54) is 0 Å². The predicted octanol–water partition coefficient (Wildman–Crippen LogP) is -0.509. The molecule has 20 heavy (non-hydrogen) atoms. The molecular weight excluding hydrogens is 430 g/mol. The van der Waals surface area contributed by atoms with Gasteiger partial charge in [0, 0.05) is 71.8 Å². The number of carbonyl (C=O) groups is 4. The largest absolute Gasteiger partial charge is 0.665 e. The molecule has 12 heteroatoms. The van der Waals surface area contributed by atoms with Gasteiger partial charge < -0.3 is 31.5 Å². The normalized spacial score (nSPS) is 9.65. The van der Waals surface area contributed by atoms with Gasteiger partial charge in [-0.3, -0.25) is 19.2 Å². The molecule has 0 saturated carbocycles. The summed E-state index contributed by atoms with van der Waals surface area (Å²) in [5.41, 5.74) is 6.58. The number of nitrogens with zero attached hydrogens (tertiary/aromatic N) is 1. The average molecular weight is 442 g/mol. The van der Waals surface area contributed by atoms with Crippen LogP contribution in [-0.2, 0) is 84.6 Å². The summed E-state index contributed by atoms with van der Waals surface area (Å²) in [7, 11) is 0. The molecule has 0 rings (SSSR count). The van der Waals surface area contributed by atoms with E-state index in [1.54, 1.807) is 0 Å². The van der Waals surface area contributed by atoms with Gasteiger partial charge in [0.2, 0.25) is 0 Å². The molecule has 2 radical (unpaired) electrons. The maximum Gasteiger partial charge on any atom is 0.302 e. The van der Waals surface area contributed by atoms with Gasteiger partial charge in [0.15, 0.2) is 0 Å². The Balaban J connectivity index is -0.000000116. The molecule has 5 N–H and O–H groups in total. The van der Waals surface area contributed by atoms with Gasteiger partial charge in [-0.05, 0) is 19.1 Å². The molecule has 0 fully saturated rings. The van der Waals surface area contributed by atoms with Crippen molar-refractivity contribution < 1.29 is 105 Å². The molecule has 0 aliphatic carbocycles. The molecule has 0 aromatic rings. The molecular formula is C8H12N2O8Y2-2. The van der Waals surface area contributed by atoms with E-state index >= 15 is 0 Å². The molecule has 0 aromatic heterocycles. The van der Waals surface area contributed by atoms with Crippen LogP contribution >= 0.6 is 0 Å². The van der Waals surface area contributed by atoms with Crippen LogP contribution < -0.4 is 0 Å². The molecule has 0 saturated heterocycles. The number of nitrogens with one attached hydrogen (secondary N) is 1. The number of rotatable bonds is 7. The van der Waals surface area contributed by atoms with E-state index in [-0.39, 0.29) is 65.4 Å². The third-order valence-corrected chi connectivity index (χ3v) is 1.17. The maximum absolute atomic E-state index is 9.78. The smallest absolute Gasteiger partial charge is 0.302 e. The fraction of sp³-hybridized carbons (Fsp3) is 0.500. The van der Waals surface area contributed by atoms with Crippen molar-refractivity contribution in [2.24, 2.45) is 0 Å². The summed E-state index contributed by atoms with van der Waals surface area (Å²) in [6, 6.07) is -1.54. The fourth-order valence-electron chi connectivity index (χ4n) is 0.509. The molecule has 1 unspecified atom stereocenters. The van der Waals surface area contributed by atoms with Crippen molar-refractivity contribution in [3.63, 3.8) is 0 Å². The zero-order valence-electron chi connectivity index (χ0n) is 10.2. The van der Waals surface area contributed by atoms with Crippen molar-refractivity contribution in [1.29, 1.82) is 0 Å². The van der Waals surface area contributed by atoms with E-state index in [9.17, 15) is 19.2 Å². The van der Waals surface area contributed by atoms with Gasteiger partial charge in [0.1, 0.15) is 0 Å². The van der Waals surface area contributed by atoms with Gasteiger partial charge in [0.25, 0.3) is 17.9 Å². The molecule has 0 heterocycles. The van der Waals surface area contributed by atoms with Crippen LogP contribution in [0.15, 0.2) is 0 Å². The van der Waals surface area contributed by atoms with E-state index in [4.69, 9.17) is 26.2 Å². The SMILES string of the molecule is O=C(O)C[N-]CC(=O)O.[NH-]C(CC(=O)O)C(=O)O.[Y].[Y]. The quantitative estimate of drug-likeness (QED) is 0.406. The van der Waals surface area contributed by atoms with Crippen LogP contribution in [0.4, 0.5) is 0 Å². The third-order valence-electron chi connectivity index (χ3n) is 1.17. The Morgan fingerprint density at radius 2 is 1.20 bits per heavy atom. The van der Waals surface area contributed by atoms with E-state index < -0.39 is 49.4 Å². The Labute approximate surface area is 164 Å². The summed E-state index contributed by atoms with van der Waals surface area (Å²) in [5.74, 6) is -4.90. The van der Waals surface area contributed by atoms with Crippen LogP contribution in [0.5, 0.6) is 0 Å². The second-order valence-electron chi connectivity index (χ2n) is 2.82. The predicted molar refractivity (Wildman–Crippen MR) is 56.4 cm³/mol. The fourth-order valence-corrected chi connectivity index (χ4v) is 0.509. The molecule has 0 bridgehead atoms. The maximum atomic E-state index is 9.78. The first kappa shape index (κ1) is 28.2. The van der Waals surface area contributed by atoms with Crippen molar-refractivity contribution in [1.82, 2.24) is 0 Å². The second-order valence-corrected chi connectivity index (χ2v) is 2.82. The van der Waals surface area contributed by atoms with Crippen LogP contribution in [0.3, 0.4) is 0 Å². The van der Waals surface area contributed by atoms with Crippen molar-refractivity contribution in [2.75, 3.05) is 13.1 Å². The minimum Gasteiger partial charge on any atom is -0.665 e. The number of hydrogen-bond acceptors (Lipinski definition) is 4. The van der Waals surface area contributed by atoms with Crippen LogP contribution in [-0.4, -0.2) is 63.4 Å². The van der Waals surface area contributed by atoms with E-state index in [1.807, 2.05) is 0 Å². The van der Waals surface area contributed by atoms with Gasteiger partial charge in [-0.1, -0.05) is 0 Å². The average Bonchev–Trinajstić information content (AvgIpc) is 2.15. The monoisotopic (exact) mass is 442 g/mol. The van der Waals surface area contributed by atoms with Crippen molar-refractivity contribution in [3.8, 4) is 0 Å². The summed E-state index contributed by atoms with van der Waals surface area (Å²) in [6.45, 7) is -0.876. The molecule has 0 aliphatic heterocycles. The van der Waals surface area contributed by atoms with Gasteiger partial charge in [-0.15, -0.1) is 0 Å². The minimum atomic E-state index is -1.54. The number of carboxylic acid groups (broad SMARTS) is 4. The van der Waals surface area contributed by atoms with E-state index in [0.717, 1.165) is 0 Å². The Morgan fingerprint density at radius 1 is 0.850 bits per heavy atom. The van der Waals surface area contributed by atoms with Crippen LogP contribution in [0, 0.1) is 0 Å². The van der Waals surface area contributed by atoms with Crippen molar-refractivity contribution in [3.05, 3.63) is 11.1 Å². The number of aliphatic carboxylic acids is 4. The second kappa shape index (κ2) is 17.1. The van der Waals surface area contributed by atoms with Crippen LogP contribution in [0.1, 0.15) is 6.42 Å². The Morgan fingerprint density at radius 3 is 1.35 bits per heavy atom. The van der Waals surface area contributed by atoms with Crippen LogP contribution in [0.2, 0.25) is 0 Å². The summed E-state index contributed by atoms with van der Waals surface area (Å²) < 4.78 is 0. The number of hydrogen-bond donors (Lipinski definition) is 4. The first-order chi connectivity index (χ1) is 8.16. The molecule has 0 aromatic carbocycles. The standard InChI is InChI=1S/2C4H6NO4.2Y/c6-3(7)1-5-2-4(8)9;5-2(4(8)9)1-3(6)7;;/h1-2H2,(H,6,7)(H,8,9);2,5H,1H2,(H,6,7)(H,8,9);;/q2*-1;;. The van der Waals surface area contributed by atoms with Gasteiger partial charge in [0.05, 0.1) is 0 Å². The molecule has 0 amide bonds. The van der Waals surface area contributed by atoms with Crippen LogP contribution in [0.25, 0.3) is 11.1 Å². The minimum absolute atomic E-state index is 0. The third kappa shape index (κ3) is 26.5. The van der Waals surface area contributed by atoms with Gasteiger partial charge in [-0.25, -0.2) is 0 Å². The first-order valence-corrected chi connectivity index (χ1v) is 4.39. The zero-order valence-corrected chi connectivity index (χ0v) is 15.9. The Hall–Kier alpha value is 0.00779. The first-order valence-electron chi connectivity index (χ1n) is 4.39. The Kier molecular flexibility index (Phi) is 24.1. The summed E-state index contributed by atoms with van der Waals surface area (Å²) in [4.78, 5) is 38.9. The Bertz CT molecular complexity index is 312. The summed E-state index contributed by atoms with van der Waals surface area (Å²) >= 11 is 0. The van der Waals surface area contributed by atoms with Gasteiger partial charge in [-0.2, -0.15) is 0 Å². The van der Waals surface area contributed by atoms with E-state index in [2.05, 4.69) is 5.32 Å². The van der Waals surface area contributed by atoms with E-state index in [0.29, 0.717) is 0 Å². The number of carboxylic acids is 4. The zero-order chi connectivity index (χ0) is 14.7. The van der Waals surface area contributed by atoms with Gasteiger partial charge >= 0.3 is 5.97 Å². The molecule has 0 aliphatic rings. The summed E-state index contributed by atoms with van der Waals surface area (Å²) in [6.07, 6.45) is -0.644.